The number of nitrogens with zero attached hydrogens (tertiary/aromatic N) is 2. The third kappa shape index (κ3) is 4.06. The molecule has 1 heterocycles. The number of halogens is 1. The molecule has 0 aliphatic rings. The van der Waals surface area contributed by atoms with Crippen LogP contribution in [-0.2, 0) is 6.61 Å². The fourth-order valence-corrected chi connectivity index (χ4v) is 2.43. The van der Waals surface area contributed by atoms with Crippen LogP contribution in [0.5, 0.6) is 11.5 Å². The van der Waals surface area contributed by atoms with E-state index < -0.39 is 0 Å². The van der Waals surface area contributed by atoms with Gasteiger partial charge in [-0.3, -0.25) is 4.79 Å². The monoisotopic (exact) mass is 402 g/mol. The first-order valence-electron chi connectivity index (χ1n) is 7.47. The van der Waals surface area contributed by atoms with Crippen molar-refractivity contribution in [1.82, 2.24) is 10.2 Å². The molecule has 0 aliphatic carbocycles. The zero-order valence-electron chi connectivity index (χ0n) is 13.7. The molecule has 25 heavy (non-hydrogen) atoms. The Hall–Kier alpha value is -2.67. The molecule has 0 saturated heterocycles. The first-order valence-corrected chi connectivity index (χ1v) is 8.26. The summed E-state index contributed by atoms with van der Waals surface area (Å²) in [7, 11) is 1.52. The second-order valence-electron chi connectivity index (χ2n) is 5.22. The van der Waals surface area contributed by atoms with Gasteiger partial charge in [-0.15, -0.1) is 10.2 Å². The SMILES string of the molecule is COc1cc(C(C)=O)ccc1OCc1nnc(-c2ccc(Br)cc2)o1. The number of ether oxygens (including phenoxy) is 2. The Morgan fingerprint density at radius 3 is 2.56 bits per heavy atom. The second-order valence-corrected chi connectivity index (χ2v) is 6.13. The maximum Gasteiger partial charge on any atom is 0.254 e. The van der Waals surface area contributed by atoms with Gasteiger partial charge in [-0.05, 0) is 49.4 Å². The van der Waals surface area contributed by atoms with Gasteiger partial charge in [-0.1, -0.05) is 15.9 Å². The third-order valence-electron chi connectivity index (χ3n) is 3.48. The van der Waals surface area contributed by atoms with E-state index in [1.165, 1.54) is 14.0 Å². The third-order valence-corrected chi connectivity index (χ3v) is 4.01. The summed E-state index contributed by atoms with van der Waals surface area (Å²) in [5, 5.41) is 8.00. The molecule has 2 aromatic carbocycles. The van der Waals surface area contributed by atoms with Crippen molar-refractivity contribution in [2.24, 2.45) is 0 Å². The van der Waals surface area contributed by atoms with Crippen molar-refractivity contribution >= 4 is 21.7 Å². The maximum absolute atomic E-state index is 11.4. The van der Waals surface area contributed by atoms with E-state index in [0.717, 1.165) is 10.0 Å². The molecular weight excluding hydrogens is 388 g/mol. The minimum atomic E-state index is -0.0408. The van der Waals surface area contributed by atoms with Gasteiger partial charge in [0, 0.05) is 15.6 Å². The number of methoxy groups -OCH3 is 1. The highest BCUT2D eigenvalue weighted by Gasteiger charge is 2.12. The number of hydrogen-bond donors (Lipinski definition) is 0. The molecule has 128 valence electrons. The Bertz CT molecular complexity index is 890. The summed E-state index contributed by atoms with van der Waals surface area (Å²) in [6.45, 7) is 1.59. The molecule has 0 radical (unpaired) electrons. The quantitative estimate of drug-likeness (QED) is 0.572. The molecule has 0 aliphatic heterocycles. The molecule has 0 N–H and O–H groups in total. The lowest BCUT2D eigenvalue weighted by Crippen LogP contribution is -2.00. The zero-order chi connectivity index (χ0) is 17.8. The average molecular weight is 403 g/mol. The summed E-state index contributed by atoms with van der Waals surface area (Å²) >= 11 is 3.38. The number of benzene rings is 2. The molecule has 0 spiro atoms. The van der Waals surface area contributed by atoms with E-state index in [9.17, 15) is 4.79 Å². The minimum absolute atomic E-state index is 0.0408. The fourth-order valence-electron chi connectivity index (χ4n) is 2.17. The van der Waals surface area contributed by atoms with Crippen LogP contribution in [0.1, 0.15) is 23.2 Å². The number of hydrogen-bond acceptors (Lipinski definition) is 6. The van der Waals surface area contributed by atoms with Crippen molar-refractivity contribution in [3.63, 3.8) is 0 Å². The van der Waals surface area contributed by atoms with E-state index in [0.29, 0.717) is 28.8 Å². The van der Waals surface area contributed by atoms with Crippen LogP contribution in [-0.4, -0.2) is 23.1 Å². The molecule has 0 saturated carbocycles. The first-order chi connectivity index (χ1) is 12.1. The van der Waals surface area contributed by atoms with Crippen LogP contribution in [0.2, 0.25) is 0 Å². The van der Waals surface area contributed by atoms with Crippen LogP contribution >= 0.6 is 15.9 Å². The van der Waals surface area contributed by atoms with Crippen molar-refractivity contribution in [1.29, 1.82) is 0 Å². The molecular formula is C18H15BrN2O4. The zero-order valence-corrected chi connectivity index (χ0v) is 15.2. The Morgan fingerprint density at radius 2 is 1.88 bits per heavy atom. The molecule has 0 amide bonds. The average Bonchev–Trinajstić information content (AvgIpc) is 3.09. The van der Waals surface area contributed by atoms with Crippen LogP contribution in [0.15, 0.2) is 51.4 Å². The van der Waals surface area contributed by atoms with Gasteiger partial charge in [0.25, 0.3) is 5.89 Å². The summed E-state index contributed by atoms with van der Waals surface area (Å²) in [5.74, 6) is 1.69. The largest absolute Gasteiger partial charge is 0.493 e. The van der Waals surface area contributed by atoms with E-state index in [1.807, 2.05) is 24.3 Å². The standard InChI is InChI=1S/C18H15BrN2O4/c1-11(22)13-5-8-15(16(9-13)23-2)24-10-17-20-21-18(25-17)12-3-6-14(19)7-4-12/h3-9H,10H2,1-2H3. The van der Waals surface area contributed by atoms with Gasteiger partial charge in [0.2, 0.25) is 5.89 Å². The molecule has 0 unspecified atom stereocenters. The van der Waals surface area contributed by atoms with Crippen molar-refractivity contribution in [3.8, 4) is 23.0 Å². The number of aromatic nitrogens is 2. The molecule has 1 aromatic heterocycles. The van der Waals surface area contributed by atoms with Crippen LogP contribution in [0.25, 0.3) is 11.5 Å². The van der Waals surface area contributed by atoms with E-state index in [4.69, 9.17) is 13.9 Å². The molecule has 3 rings (SSSR count). The molecule has 0 fully saturated rings. The highest BCUT2D eigenvalue weighted by atomic mass is 79.9. The van der Waals surface area contributed by atoms with E-state index >= 15 is 0 Å². The van der Waals surface area contributed by atoms with Crippen LogP contribution in [0, 0.1) is 0 Å². The summed E-state index contributed by atoms with van der Waals surface area (Å²) in [6, 6.07) is 12.6. The molecule has 7 heteroatoms. The summed E-state index contributed by atoms with van der Waals surface area (Å²) < 4.78 is 17.5. The molecule has 0 atom stereocenters. The topological polar surface area (TPSA) is 74.5 Å². The van der Waals surface area contributed by atoms with E-state index in [1.54, 1.807) is 18.2 Å². The van der Waals surface area contributed by atoms with Crippen molar-refractivity contribution in [2.75, 3.05) is 7.11 Å². The number of carbonyl (C=O) groups is 1. The Kier molecular flexibility index (Phi) is 5.14. The maximum atomic E-state index is 11.4. The number of carbonyl (C=O) groups excluding carboxylic acids is 1. The lowest BCUT2D eigenvalue weighted by molar-refractivity contribution is 0.101. The van der Waals surface area contributed by atoms with Crippen LogP contribution < -0.4 is 9.47 Å². The van der Waals surface area contributed by atoms with Crippen LogP contribution in [0.3, 0.4) is 0 Å². The molecule has 0 bridgehead atoms. The highest BCUT2D eigenvalue weighted by Crippen LogP contribution is 2.29. The van der Waals surface area contributed by atoms with Crippen LogP contribution in [0.4, 0.5) is 0 Å². The summed E-state index contributed by atoms with van der Waals surface area (Å²) in [6.07, 6.45) is 0. The second kappa shape index (κ2) is 7.48. The summed E-state index contributed by atoms with van der Waals surface area (Å²) in [5.41, 5.74) is 1.38. The van der Waals surface area contributed by atoms with Gasteiger partial charge in [0.05, 0.1) is 7.11 Å². The number of ketones is 1. The van der Waals surface area contributed by atoms with Gasteiger partial charge in [-0.25, -0.2) is 0 Å². The van der Waals surface area contributed by atoms with Crippen molar-refractivity contribution in [3.05, 3.63) is 58.4 Å². The predicted octanol–water partition coefficient (Wildman–Crippen LogP) is 4.29. The van der Waals surface area contributed by atoms with Crippen molar-refractivity contribution in [2.45, 2.75) is 13.5 Å². The Balaban J connectivity index is 1.72. The first kappa shape index (κ1) is 17.2. The van der Waals surface area contributed by atoms with Gasteiger partial charge in [0.1, 0.15) is 0 Å². The number of rotatable bonds is 6. The smallest absolute Gasteiger partial charge is 0.254 e. The fraction of sp³-hybridized carbons (Fsp3) is 0.167. The van der Waals surface area contributed by atoms with Gasteiger partial charge in [-0.2, -0.15) is 0 Å². The van der Waals surface area contributed by atoms with Gasteiger partial charge < -0.3 is 13.9 Å². The normalized spacial score (nSPS) is 10.5. The molecule has 3 aromatic rings. The Morgan fingerprint density at radius 1 is 1.12 bits per heavy atom. The van der Waals surface area contributed by atoms with Gasteiger partial charge >= 0.3 is 0 Å². The van der Waals surface area contributed by atoms with E-state index in [2.05, 4.69) is 26.1 Å². The van der Waals surface area contributed by atoms with Gasteiger partial charge in [0.15, 0.2) is 23.9 Å². The lowest BCUT2D eigenvalue weighted by Gasteiger charge is -2.10. The number of Topliss-reactive ketones (excluding diaryl/α,β-unsaturated/α-hetero) is 1. The minimum Gasteiger partial charge on any atom is -0.493 e. The predicted molar refractivity (Wildman–Crippen MR) is 94.8 cm³/mol. The van der Waals surface area contributed by atoms with Crippen molar-refractivity contribution < 1.29 is 18.7 Å². The van der Waals surface area contributed by atoms with E-state index in [-0.39, 0.29) is 12.4 Å². The molecule has 6 nitrogen and oxygen atoms in total. The Labute approximate surface area is 152 Å². The highest BCUT2D eigenvalue weighted by molar-refractivity contribution is 9.10. The summed E-state index contributed by atoms with van der Waals surface area (Å²) in [4.78, 5) is 11.4. The lowest BCUT2D eigenvalue weighted by atomic mass is 10.1.